The first-order valence-corrected chi connectivity index (χ1v) is 5.53. The Hall–Kier alpha value is -0.610. The Kier molecular flexibility index (Phi) is 8.33. The van der Waals surface area contributed by atoms with Crippen LogP contribution in [0.1, 0.15) is 27.2 Å². The standard InChI is InChI=1S/C11H23NO3/c1-5-10(3)12(7-8-14-4)11(13)9-15-6-2/h10H,5-9H2,1-4H3. The average Bonchev–Trinajstić information content (AvgIpc) is 2.26. The number of rotatable bonds is 8. The van der Waals surface area contributed by atoms with Crippen LogP contribution in [0.25, 0.3) is 0 Å². The van der Waals surface area contributed by atoms with E-state index in [0.29, 0.717) is 19.8 Å². The molecule has 0 aromatic rings. The molecule has 90 valence electrons. The lowest BCUT2D eigenvalue weighted by atomic mass is 10.2. The Morgan fingerprint density at radius 3 is 2.53 bits per heavy atom. The van der Waals surface area contributed by atoms with Gasteiger partial charge in [-0.05, 0) is 20.3 Å². The van der Waals surface area contributed by atoms with Gasteiger partial charge < -0.3 is 14.4 Å². The monoisotopic (exact) mass is 217 g/mol. The maximum absolute atomic E-state index is 11.8. The Morgan fingerprint density at radius 1 is 1.40 bits per heavy atom. The molecular formula is C11H23NO3. The van der Waals surface area contributed by atoms with Gasteiger partial charge in [0.05, 0.1) is 6.61 Å². The van der Waals surface area contributed by atoms with Crippen molar-refractivity contribution in [1.82, 2.24) is 4.90 Å². The summed E-state index contributed by atoms with van der Waals surface area (Å²) in [6.45, 7) is 7.95. The Morgan fingerprint density at radius 2 is 2.07 bits per heavy atom. The molecule has 15 heavy (non-hydrogen) atoms. The number of nitrogens with zero attached hydrogens (tertiary/aromatic N) is 1. The zero-order valence-corrected chi connectivity index (χ0v) is 10.3. The van der Waals surface area contributed by atoms with Gasteiger partial charge in [0.1, 0.15) is 6.61 Å². The minimum Gasteiger partial charge on any atom is -0.383 e. The molecule has 0 rings (SSSR count). The molecule has 0 aromatic heterocycles. The van der Waals surface area contributed by atoms with Gasteiger partial charge in [-0.3, -0.25) is 4.79 Å². The third-order valence-electron chi connectivity index (χ3n) is 2.41. The van der Waals surface area contributed by atoms with Gasteiger partial charge in [-0.1, -0.05) is 6.92 Å². The van der Waals surface area contributed by atoms with Crippen LogP contribution in [-0.4, -0.2) is 50.3 Å². The molecule has 0 radical (unpaired) electrons. The van der Waals surface area contributed by atoms with Crippen LogP contribution in [0.15, 0.2) is 0 Å². The van der Waals surface area contributed by atoms with E-state index in [1.807, 2.05) is 18.7 Å². The van der Waals surface area contributed by atoms with Gasteiger partial charge in [-0.15, -0.1) is 0 Å². The van der Waals surface area contributed by atoms with Crippen molar-refractivity contribution in [3.8, 4) is 0 Å². The number of ether oxygens (including phenoxy) is 2. The molecule has 0 aromatic carbocycles. The van der Waals surface area contributed by atoms with Crippen molar-refractivity contribution in [2.45, 2.75) is 33.2 Å². The van der Waals surface area contributed by atoms with E-state index in [9.17, 15) is 4.79 Å². The maximum Gasteiger partial charge on any atom is 0.248 e. The van der Waals surface area contributed by atoms with Crippen LogP contribution < -0.4 is 0 Å². The predicted octanol–water partition coefficient (Wildman–Crippen LogP) is 1.30. The topological polar surface area (TPSA) is 38.8 Å². The van der Waals surface area contributed by atoms with E-state index in [-0.39, 0.29) is 18.6 Å². The first kappa shape index (κ1) is 14.4. The summed E-state index contributed by atoms with van der Waals surface area (Å²) < 4.78 is 10.1. The molecule has 0 saturated carbocycles. The Balaban J connectivity index is 4.14. The molecule has 0 N–H and O–H groups in total. The molecular weight excluding hydrogens is 194 g/mol. The van der Waals surface area contributed by atoms with Crippen LogP contribution >= 0.6 is 0 Å². The molecule has 1 amide bonds. The number of methoxy groups -OCH3 is 1. The van der Waals surface area contributed by atoms with E-state index in [4.69, 9.17) is 9.47 Å². The second kappa shape index (κ2) is 8.68. The predicted molar refractivity (Wildman–Crippen MR) is 59.8 cm³/mol. The van der Waals surface area contributed by atoms with E-state index < -0.39 is 0 Å². The highest BCUT2D eigenvalue weighted by Gasteiger charge is 2.17. The molecule has 0 aliphatic carbocycles. The smallest absolute Gasteiger partial charge is 0.248 e. The first-order chi connectivity index (χ1) is 7.17. The van der Waals surface area contributed by atoms with E-state index in [2.05, 4.69) is 6.92 Å². The second-order valence-corrected chi connectivity index (χ2v) is 3.47. The molecule has 0 spiro atoms. The van der Waals surface area contributed by atoms with Crippen molar-refractivity contribution in [2.75, 3.05) is 33.5 Å². The van der Waals surface area contributed by atoms with Crippen LogP contribution in [0, 0.1) is 0 Å². The summed E-state index contributed by atoms with van der Waals surface area (Å²) in [6, 6.07) is 0.244. The maximum atomic E-state index is 11.8. The molecule has 0 heterocycles. The lowest BCUT2D eigenvalue weighted by Crippen LogP contribution is -2.42. The van der Waals surface area contributed by atoms with Gasteiger partial charge >= 0.3 is 0 Å². The summed E-state index contributed by atoms with van der Waals surface area (Å²) in [5, 5.41) is 0. The average molecular weight is 217 g/mol. The van der Waals surface area contributed by atoms with Gasteiger partial charge in [-0.25, -0.2) is 0 Å². The minimum absolute atomic E-state index is 0.0447. The SMILES string of the molecule is CCOCC(=O)N(CCOC)C(C)CC. The molecule has 0 bridgehead atoms. The number of carbonyl (C=O) groups is 1. The van der Waals surface area contributed by atoms with Gasteiger partial charge in [0, 0.05) is 26.3 Å². The van der Waals surface area contributed by atoms with Gasteiger partial charge in [-0.2, -0.15) is 0 Å². The van der Waals surface area contributed by atoms with Crippen molar-refractivity contribution in [3.05, 3.63) is 0 Å². The van der Waals surface area contributed by atoms with Crippen molar-refractivity contribution in [3.63, 3.8) is 0 Å². The summed E-state index contributed by atoms with van der Waals surface area (Å²) >= 11 is 0. The summed E-state index contributed by atoms with van der Waals surface area (Å²) in [6.07, 6.45) is 0.946. The fourth-order valence-electron chi connectivity index (χ4n) is 1.27. The van der Waals surface area contributed by atoms with E-state index in [0.717, 1.165) is 6.42 Å². The van der Waals surface area contributed by atoms with Gasteiger partial charge in [0.2, 0.25) is 5.91 Å². The third-order valence-corrected chi connectivity index (χ3v) is 2.41. The molecule has 1 unspecified atom stereocenters. The summed E-state index contributed by atoms with van der Waals surface area (Å²) in [5.74, 6) is 0.0447. The first-order valence-electron chi connectivity index (χ1n) is 5.53. The lowest BCUT2D eigenvalue weighted by Gasteiger charge is -2.28. The summed E-state index contributed by atoms with van der Waals surface area (Å²) in [5.41, 5.74) is 0. The van der Waals surface area contributed by atoms with Crippen LogP contribution in [-0.2, 0) is 14.3 Å². The number of amides is 1. The van der Waals surface area contributed by atoms with Crippen LogP contribution in [0.4, 0.5) is 0 Å². The zero-order chi connectivity index (χ0) is 11.7. The molecule has 4 heteroatoms. The zero-order valence-electron chi connectivity index (χ0n) is 10.3. The van der Waals surface area contributed by atoms with E-state index >= 15 is 0 Å². The molecule has 0 fully saturated rings. The quantitative estimate of drug-likeness (QED) is 0.615. The van der Waals surface area contributed by atoms with Crippen molar-refractivity contribution >= 4 is 5.91 Å². The fourth-order valence-corrected chi connectivity index (χ4v) is 1.27. The van der Waals surface area contributed by atoms with Crippen LogP contribution in [0.2, 0.25) is 0 Å². The van der Waals surface area contributed by atoms with Gasteiger partial charge in [0.15, 0.2) is 0 Å². The normalized spacial score (nSPS) is 12.5. The number of carbonyl (C=O) groups excluding carboxylic acids is 1. The summed E-state index contributed by atoms with van der Waals surface area (Å²) in [7, 11) is 1.64. The third kappa shape index (κ3) is 5.74. The van der Waals surface area contributed by atoms with Crippen molar-refractivity contribution in [2.24, 2.45) is 0 Å². The van der Waals surface area contributed by atoms with Crippen LogP contribution in [0.3, 0.4) is 0 Å². The molecule has 1 atom stereocenters. The van der Waals surface area contributed by atoms with Crippen molar-refractivity contribution < 1.29 is 14.3 Å². The lowest BCUT2D eigenvalue weighted by molar-refractivity contribution is -0.138. The second-order valence-electron chi connectivity index (χ2n) is 3.47. The van der Waals surface area contributed by atoms with Crippen LogP contribution in [0.5, 0.6) is 0 Å². The largest absolute Gasteiger partial charge is 0.383 e. The summed E-state index contributed by atoms with van der Waals surface area (Å²) in [4.78, 5) is 13.6. The Bertz CT molecular complexity index is 173. The Labute approximate surface area is 92.5 Å². The van der Waals surface area contributed by atoms with E-state index in [1.54, 1.807) is 7.11 Å². The number of hydrogen-bond acceptors (Lipinski definition) is 3. The fraction of sp³-hybridized carbons (Fsp3) is 0.909. The minimum atomic E-state index is 0.0447. The highest BCUT2D eigenvalue weighted by Crippen LogP contribution is 2.04. The highest BCUT2D eigenvalue weighted by atomic mass is 16.5. The molecule has 4 nitrogen and oxygen atoms in total. The molecule has 0 saturated heterocycles. The number of hydrogen-bond donors (Lipinski definition) is 0. The highest BCUT2D eigenvalue weighted by molar-refractivity contribution is 5.77. The van der Waals surface area contributed by atoms with Crippen molar-refractivity contribution in [1.29, 1.82) is 0 Å². The molecule has 0 aliphatic rings. The molecule has 0 aliphatic heterocycles. The van der Waals surface area contributed by atoms with E-state index in [1.165, 1.54) is 0 Å². The van der Waals surface area contributed by atoms with Gasteiger partial charge in [0.25, 0.3) is 0 Å².